The van der Waals surface area contributed by atoms with E-state index in [1.165, 1.54) is 6.07 Å². The summed E-state index contributed by atoms with van der Waals surface area (Å²) in [6.45, 7) is 3.80. The van der Waals surface area contributed by atoms with Gasteiger partial charge in [0, 0.05) is 6.54 Å². The molecule has 2 aromatic carbocycles. The Kier molecular flexibility index (Phi) is 5.77. The molecule has 0 bridgehead atoms. The predicted molar refractivity (Wildman–Crippen MR) is 96.9 cm³/mol. The van der Waals surface area contributed by atoms with E-state index in [1.54, 1.807) is 32.0 Å². The van der Waals surface area contributed by atoms with Gasteiger partial charge in [0.15, 0.2) is 11.5 Å². The molecule has 1 aliphatic heterocycles. The van der Waals surface area contributed by atoms with Crippen LogP contribution in [-0.4, -0.2) is 24.6 Å². The second-order valence-electron chi connectivity index (χ2n) is 6.70. The molecule has 1 heterocycles. The van der Waals surface area contributed by atoms with E-state index in [0.29, 0.717) is 11.5 Å². The highest BCUT2D eigenvalue weighted by Crippen LogP contribution is 2.32. The third-order valence-electron chi connectivity index (χ3n) is 4.33. The number of fused-ring (bicyclic) bond motifs is 1. The SMILES string of the molecule is CC(C)[C@@H](NC(=O)c1c(F)cccc1F)C(=O)NCc1ccc2c(c1)OCO2. The van der Waals surface area contributed by atoms with Gasteiger partial charge in [-0.25, -0.2) is 8.78 Å². The van der Waals surface area contributed by atoms with E-state index in [1.807, 2.05) is 0 Å². The van der Waals surface area contributed by atoms with Gasteiger partial charge in [-0.3, -0.25) is 9.59 Å². The molecule has 0 aromatic heterocycles. The van der Waals surface area contributed by atoms with Crippen LogP contribution in [0.5, 0.6) is 11.5 Å². The minimum Gasteiger partial charge on any atom is -0.454 e. The minimum absolute atomic E-state index is 0.152. The van der Waals surface area contributed by atoms with Crippen molar-refractivity contribution in [1.82, 2.24) is 10.6 Å². The van der Waals surface area contributed by atoms with Crippen molar-refractivity contribution in [2.75, 3.05) is 6.79 Å². The summed E-state index contributed by atoms with van der Waals surface area (Å²) < 4.78 is 38.1. The van der Waals surface area contributed by atoms with Crippen molar-refractivity contribution >= 4 is 11.8 Å². The van der Waals surface area contributed by atoms with Crippen molar-refractivity contribution in [3.8, 4) is 11.5 Å². The van der Waals surface area contributed by atoms with E-state index in [2.05, 4.69) is 10.6 Å². The Labute approximate surface area is 160 Å². The lowest BCUT2D eigenvalue weighted by molar-refractivity contribution is -0.124. The fourth-order valence-corrected chi connectivity index (χ4v) is 2.81. The van der Waals surface area contributed by atoms with Crippen molar-refractivity contribution in [3.63, 3.8) is 0 Å². The number of carbonyl (C=O) groups excluding carboxylic acids is 2. The van der Waals surface area contributed by atoms with Crippen molar-refractivity contribution < 1.29 is 27.8 Å². The zero-order valence-corrected chi connectivity index (χ0v) is 15.4. The van der Waals surface area contributed by atoms with Crippen molar-refractivity contribution in [2.45, 2.75) is 26.4 Å². The summed E-state index contributed by atoms with van der Waals surface area (Å²) in [7, 11) is 0. The van der Waals surface area contributed by atoms with Crippen molar-refractivity contribution in [2.24, 2.45) is 5.92 Å². The van der Waals surface area contributed by atoms with Crippen LogP contribution in [0.4, 0.5) is 8.78 Å². The number of nitrogens with one attached hydrogen (secondary N) is 2. The molecule has 2 aromatic rings. The van der Waals surface area contributed by atoms with Crippen LogP contribution >= 0.6 is 0 Å². The first-order chi connectivity index (χ1) is 13.4. The quantitative estimate of drug-likeness (QED) is 0.795. The van der Waals surface area contributed by atoms with Crippen LogP contribution in [-0.2, 0) is 11.3 Å². The summed E-state index contributed by atoms with van der Waals surface area (Å²) in [5.74, 6) is -2.48. The summed E-state index contributed by atoms with van der Waals surface area (Å²) in [4.78, 5) is 24.9. The number of amides is 2. The molecule has 6 nitrogen and oxygen atoms in total. The number of benzene rings is 2. The van der Waals surface area contributed by atoms with E-state index in [-0.39, 0.29) is 19.3 Å². The average Bonchev–Trinajstić information content (AvgIpc) is 3.11. The van der Waals surface area contributed by atoms with Crippen LogP contribution in [0.3, 0.4) is 0 Å². The molecule has 1 aliphatic rings. The number of halogens is 2. The molecule has 0 saturated heterocycles. The first-order valence-electron chi connectivity index (χ1n) is 8.78. The van der Waals surface area contributed by atoms with E-state index in [0.717, 1.165) is 17.7 Å². The molecule has 0 saturated carbocycles. The normalized spacial score (nSPS) is 13.3. The Morgan fingerprint density at radius 2 is 1.75 bits per heavy atom. The van der Waals surface area contributed by atoms with Gasteiger partial charge in [0.1, 0.15) is 23.2 Å². The summed E-state index contributed by atoms with van der Waals surface area (Å²) in [6, 6.07) is 7.46. The molecule has 1 atom stereocenters. The monoisotopic (exact) mass is 390 g/mol. The lowest BCUT2D eigenvalue weighted by Crippen LogP contribution is -2.49. The van der Waals surface area contributed by atoms with Gasteiger partial charge < -0.3 is 20.1 Å². The van der Waals surface area contributed by atoms with Gasteiger partial charge in [-0.15, -0.1) is 0 Å². The third-order valence-corrected chi connectivity index (χ3v) is 4.33. The van der Waals surface area contributed by atoms with Gasteiger partial charge in [0.05, 0.1) is 0 Å². The standard InChI is InChI=1S/C20H20F2N2O4/c1-11(2)18(24-19(25)17-13(21)4-3-5-14(17)22)20(26)23-9-12-6-7-15-16(8-12)28-10-27-15/h3-8,11,18H,9-10H2,1-2H3,(H,23,26)(H,24,25)/t18-/m1/s1. The van der Waals surface area contributed by atoms with Crippen LogP contribution < -0.4 is 20.1 Å². The molecule has 0 fully saturated rings. The van der Waals surface area contributed by atoms with Crippen LogP contribution in [0, 0.1) is 17.6 Å². The molecule has 0 aliphatic carbocycles. The Morgan fingerprint density at radius 3 is 2.43 bits per heavy atom. The largest absolute Gasteiger partial charge is 0.454 e. The highest BCUT2D eigenvalue weighted by atomic mass is 19.1. The smallest absolute Gasteiger partial charge is 0.257 e. The Balaban J connectivity index is 1.66. The third kappa shape index (κ3) is 4.21. The van der Waals surface area contributed by atoms with Gasteiger partial charge in [0.2, 0.25) is 12.7 Å². The molecule has 0 radical (unpaired) electrons. The topological polar surface area (TPSA) is 76.7 Å². The van der Waals surface area contributed by atoms with Crippen LogP contribution in [0.15, 0.2) is 36.4 Å². The lowest BCUT2D eigenvalue weighted by Gasteiger charge is -2.22. The second-order valence-corrected chi connectivity index (χ2v) is 6.70. The zero-order chi connectivity index (χ0) is 20.3. The molecule has 148 valence electrons. The fraction of sp³-hybridized carbons (Fsp3) is 0.300. The maximum atomic E-state index is 13.8. The molecule has 8 heteroatoms. The van der Waals surface area contributed by atoms with E-state index in [9.17, 15) is 18.4 Å². The Hall–Kier alpha value is -3.16. The second kappa shape index (κ2) is 8.24. The van der Waals surface area contributed by atoms with Crippen molar-refractivity contribution in [1.29, 1.82) is 0 Å². The van der Waals surface area contributed by atoms with E-state index in [4.69, 9.17) is 9.47 Å². The highest BCUT2D eigenvalue weighted by Gasteiger charge is 2.27. The predicted octanol–water partition coefficient (Wildman–Crippen LogP) is 2.76. The number of hydrogen-bond acceptors (Lipinski definition) is 4. The summed E-state index contributed by atoms with van der Waals surface area (Å²) in [5, 5.41) is 5.14. The van der Waals surface area contributed by atoms with Crippen LogP contribution in [0.2, 0.25) is 0 Å². The Morgan fingerprint density at radius 1 is 1.07 bits per heavy atom. The Bertz CT molecular complexity index is 882. The molecule has 3 rings (SSSR count). The summed E-state index contributed by atoms with van der Waals surface area (Å²) >= 11 is 0. The molecule has 0 spiro atoms. The number of hydrogen-bond donors (Lipinski definition) is 2. The molecular weight excluding hydrogens is 370 g/mol. The van der Waals surface area contributed by atoms with Crippen molar-refractivity contribution in [3.05, 3.63) is 59.2 Å². The van der Waals surface area contributed by atoms with E-state index >= 15 is 0 Å². The first kappa shape index (κ1) is 19.6. The molecule has 2 N–H and O–H groups in total. The lowest BCUT2D eigenvalue weighted by atomic mass is 10.0. The first-order valence-corrected chi connectivity index (χ1v) is 8.78. The van der Waals surface area contributed by atoms with Gasteiger partial charge in [-0.2, -0.15) is 0 Å². The van der Waals surface area contributed by atoms with Gasteiger partial charge in [-0.05, 0) is 35.7 Å². The van der Waals surface area contributed by atoms with Gasteiger partial charge in [-0.1, -0.05) is 26.0 Å². The number of carbonyl (C=O) groups is 2. The summed E-state index contributed by atoms with van der Waals surface area (Å²) in [6.07, 6.45) is 0. The maximum absolute atomic E-state index is 13.8. The zero-order valence-electron chi connectivity index (χ0n) is 15.4. The van der Waals surface area contributed by atoms with E-state index < -0.39 is 35.1 Å². The summed E-state index contributed by atoms with van der Waals surface area (Å²) in [5.41, 5.74) is 0.0725. The molecular formula is C20H20F2N2O4. The van der Waals surface area contributed by atoms with Crippen LogP contribution in [0.25, 0.3) is 0 Å². The molecule has 28 heavy (non-hydrogen) atoms. The fourth-order valence-electron chi connectivity index (χ4n) is 2.81. The maximum Gasteiger partial charge on any atom is 0.257 e. The average molecular weight is 390 g/mol. The molecule has 2 amide bonds. The number of ether oxygens (including phenoxy) is 2. The molecule has 0 unspecified atom stereocenters. The number of rotatable bonds is 6. The van der Waals surface area contributed by atoms with Gasteiger partial charge in [0.25, 0.3) is 5.91 Å². The van der Waals surface area contributed by atoms with Gasteiger partial charge >= 0.3 is 0 Å². The highest BCUT2D eigenvalue weighted by molar-refractivity contribution is 5.98. The van der Waals surface area contributed by atoms with Crippen LogP contribution in [0.1, 0.15) is 29.8 Å². The minimum atomic E-state index is -0.985.